The molecule has 0 bridgehead atoms. The van der Waals surface area contributed by atoms with Crippen molar-refractivity contribution in [1.29, 1.82) is 0 Å². The van der Waals surface area contributed by atoms with Crippen molar-refractivity contribution in [3.05, 3.63) is 41.9 Å². The van der Waals surface area contributed by atoms with Crippen LogP contribution in [0.1, 0.15) is 17.2 Å². The maximum atomic E-state index is 5.81. The Morgan fingerprint density at radius 1 is 1.53 bits per heavy atom. The van der Waals surface area contributed by atoms with E-state index in [1.54, 1.807) is 17.1 Å². The average molecular weight is 232 g/mol. The number of rotatable bonds is 4. The molecule has 5 N–H and O–H groups in total. The monoisotopic (exact) mass is 232 g/mol. The maximum Gasteiger partial charge on any atom is 0.126 e. The first-order chi connectivity index (χ1) is 8.20. The van der Waals surface area contributed by atoms with Crippen molar-refractivity contribution in [1.82, 2.24) is 20.2 Å². The molecule has 2 heterocycles. The Kier molecular flexibility index (Phi) is 3.36. The first kappa shape index (κ1) is 11.6. The van der Waals surface area contributed by atoms with Crippen LogP contribution in [0.5, 0.6) is 0 Å². The van der Waals surface area contributed by atoms with Gasteiger partial charge in [0, 0.05) is 25.0 Å². The Morgan fingerprint density at radius 3 is 2.94 bits per heavy atom. The van der Waals surface area contributed by atoms with Gasteiger partial charge in [0.25, 0.3) is 0 Å². The second kappa shape index (κ2) is 4.94. The van der Waals surface area contributed by atoms with E-state index in [-0.39, 0.29) is 6.04 Å². The fourth-order valence-electron chi connectivity index (χ4n) is 1.74. The number of aryl methyl sites for hydroxylation is 1. The van der Waals surface area contributed by atoms with Crippen LogP contribution in [0.15, 0.2) is 30.7 Å². The fraction of sp³-hybridized carbons (Fsp3) is 0.273. The van der Waals surface area contributed by atoms with Gasteiger partial charge in [-0.1, -0.05) is 6.07 Å². The van der Waals surface area contributed by atoms with Crippen LogP contribution in [0.4, 0.5) is 5.82 Å². The lowest BCUT2D eigenvalue weighted by Crippen LogP contribution is -2.29. The van der Waals surface area contributed by atoms with Gasteiger partial charge in [-0.3, -0.25) is 16.0 Å². The number of nitrogens with two attached hydrogens (primary N) is 2. The Morgan fingerprint density at radius 2 is 2.35 bits per heavy atom. The Hall–Kier alpha value is -1.92. The quantitative estimate of drug-likeness (QED) is 0.515. The van der Waals surface area contributed by atoms with Gasteiger partial charge in [0.15, 0.2) is 0 Å². The van der Waals surface area contributed by atoms with Crippen molar-refractivity contribution in [3.63, 3.8) is 0 Å². The second-order valence-corrected chi connectivity index (χ2v) is 3.92. The number of nitrogen functional groups attached to an aromatic ring is 1. The minimum Gasteiger partial charge on any atom is -0.383 e. The van der Waals surface area contributed by atoms with Gasteiger partial charge in [0.1, 0.15) is 5.82 Å². The predicted molar refractivity (Wildman–Crippen MR) is 65.6 cm³/mol. The van der Waals surface area contributed by atoms with Gasteiger partial charge in [-0.2, -0.15) is 5.10 Å². The molecule has 2 aromatic rings. The lowest BCUT2D eigenvalue weighted by molar-refractivity contribution is 0.551. The highest BCUT2D eigenvalue weighted by Crippen LogP contribution is 2.19. The fourth-order valence-corrected chi connectivity index (χ4v) is 1.74. The minimum atomic E-state index is -0.0183. The molecule has 2 aromatic heterocycles. The van der Waals surface area contributed by atoms with E-state index in [9.17, 15) is 0 Å². The SMILES string of the molecule is Cn1cc(C(Cc2cccnc2N)NN)cn1. The third kappa shape index (κ3) is 2.61. The summed E-state index contributed by atoms with van der Waals surface area (Å²) in [7, 11) is 1.87. The molecule has 2 rings (SSSR count). The number of pyridine rings is 1. The molecule has 0 aliphatic carbocycles. The molecule has 90 valence electrons. The zero-order chi connectivity index (χ0) is 12.3. The number of anilines is 1. The van der Waals surface area contributed by atoms with Gasteiger partial charge >= 0.3 is 0 Å². The molecular formula is C11H16N6. The Bertz CT molecular complexity index is 492. The maximum absolute atomic E-state index is 5.81. The van der Waals surface area contributed by atoms with Crippen LogP contribution in [0.25, 0.3) is 0 Å². The number of hydrogen-bond donors (Lipinski definition) is 3. The zero-order valence-corrected chi connectivity index (χ0v) is 9.67. The lowest BCUT2D eigenvalue weighted by atomic mass is 10.0. The second-order valence-electron chi connectivity index (χ2n) is 3.92. The third-order valence-electron chi connectivity index (χ3n) is 2.68. The summed E-state index contributed by atoms with van der Waals surface area (Å²) >= 11 is 0. The molecule has 0 spiro atoms. The van der Waals surface area contributed by atoms with Crippen LogP contribution in [-0.4, -0.2) is 14.8 Å². The molecule has 6 nitrogen and oxygen atoms in total. The van der Waals surface area contributed by atoms with Crippen molar-refractivity contribution < 1.29 is 0 Å². The number of hydrazine groups is 1. The van der Waals surface area contributed by atoms with E-state index < -0.39 is 0 Å². The van der Waals surface area contributed by atoms with Gasteiger partial charge < -0.3 is 5.73 Å². The van der Waals surface area contributed by atoms with Crippen LogP contribution >= 0.6 is 0 Å². The van der Waals surface area contributed by atoms with Crippen molar-refractivity contribution >= 4 is 5.82 Å². The van der Waals surface area contributed by atoms with E-state index in [0.717, 1.165) is 11.1 Å². The number of hydrogen-bond acceptors (Lipinski definition) is 5. The molecule has 0 aliphatic rings. The van der Waals surface area contributed by atoms with Crippen molar-refractivity contribution in [3.8, 4) is 0 Å². The molecule has 0 saturated carbocycles. The normalized spacial score (nSPS) is 12.6. The van der Waals surface area contributed by atoms with Crippen LogP contribution in [0, 0.1) is 0 Å². The highest BCUT2D eigenvalue weighted by molar-refractivity contribution is 5.39. The standard InChI is InChI=1S/C11H16N6/c1-17-7-9(6-15-17)10(16-13)5-8-3-2-4-14-11(8)12/h2-4,6-7,10,16H,5,13H2,1H3,(H2,12,14). The predicted octanol–water partition coefficient (Wildman–Crippen LogP) is 0.144. The lowest BCUT2D eigenvalue weighted by Gasteiger charge is -2.14. The first-order valence-electron chi connectivity index (χ1n) is 5.34. The highest BCUT2D eigenvalue weighted by atomic mass is 15.3. The topological polar surface area (TPSA) is 94.8 Å². The molecule has 17 heavy (non-hydrogen) atoms. The summed E-state index contributed by atoms with van der Waals surface area (Å²) in [4.78, 5) is 4.05. The van der Waals surface area contributed by atoms with E-state index >= 15 is 0 Å². The number of nitrogens with zero attached hydrogens (tertiary/aromatic N) is 3. The molecule has 0 radical (unpaired) electrons. The summed E-state index contributed by atoms with van der Waals surface area (Å²) in [6.45, 7) is 0. The smallest absolute Gasteiger partial charge is 0.126 e. The summed E-state index contributed by atoms with van der Waals surface area (Å²) in [6, 6.07) is 3.79. The molecule has 1 unspecified atom stereocenters. The van der Waals surface area contributed by atoms with Crippen LogP contribution in [0.3, 0.4) is 0 Å². The molecule has 6 heteroatoms. The highest BCUT2D eigenvalue weighted by Gasteiger charge is 2.13. The van der Waals surface area contributed by atoms with Crippen LogP contribution in [0.2, 0.25) is 0 Å². The minimum absolute atomic E-state index is 0.0183. The van der Waals surface area contributed by atoms with Crippen LogP contribution < -0.4 is 17.0 Å². The van der Waals surface area contributed by atoms with Gasteiger partial charge in [0.05, 0.1) is 12.2 Å². The largest absolute Gasteiger partial charge is 0.383 e. The zero-order valence-electron chi connectivity index (χ0n) is 9.67. The summed E-state index contributed by atoms with van der Waals surface area (Å²) in [6.07, 6.45) is 6.07. The van der Waals surface area contributed by atoms with Gasteiger partial charge in [-0.25, -0.2) is 4.98 Å². The third-order valence-corrected chi connectivity index (χ3v) is 2.68. The average Bonchev–Trinajstić information content (AvgIpc) is 2.75. The molecule has 0 fully saturated rings. The number of nitrogens with one attached hydrogen (secondary N) is 1. The van der Waals surface area contributed by atoms with Crippen LogP contribution in [-0.2, 0) is 13.5 Å². The first-order valence-corrected chi connectivity index (χ1v) is 5.34. The summed E-state index contributed by atoms with van der Waals surface area (Å²) in [5.41, 5.74) is 10.6. The van der Waals surface area contributed by atoms with Crippen molar-refractivity contribution in [2.24, 2.45) is 12.9 Å². The molecule has 0 aliphatic heterocycles. The summed E-state index contributed by atoms with van der Waals surface area (Å²) in [5.74, 6) is 6.10. The molecule has 1 atom stereocenters. The van der Waals surface area contributed by atoms with E-state index in [2.05, 4.69) is 15.5 Å². The molecular weight excluding hydrogens is 216 g/mol. The van der Waals surface area contributed by atoms with Gasteiger partial charge in [-0.15, -0.1) is 0 Å². The van der Waals surface area contributed by atoms with Gasteiger partial charge in [-0.05, 0) is 18.1 Å². The Balaban J connectivity index is 2.18. The van der Waals surface area contributed by atoms with Crippen molar-refractivity contribution in [2.75, 3.05) is 5.73 Å². The van der Waals surface area contributed by atoms with E-state index in [1.807, 2.05) is 25.4 Å². The van der Waals surface area contributed by atoms with E-state index in [1.165, 1.54) is 0 Å². The summed E-state index contributed by atoms with van der Waals surface area (Å²) in [5, 5.41) is 4.12. The van der Waals surface area contributed by atoms with E-state index in [0.29, 0.717) is 12.2 Å². The molecule has 0 amide bonds. The molecule has 0 aromatic carbocycles. The van der Waals surface area contributed by atoms with Crippen molar-refractivity contribution in [2.45, 2.75) is 12.5 Å². The Labute approximate surface area is 99.6 Å². The van der Waals surface area contributed by atoms with E-state index in [4.69, 9.17) is 11.6 Å². The summed E-state index contributed by atoms with van der Waals surface area (Å²) < 4.78 is 1.74. The molecule has 0 saturated heterocycles. The van der Waals surface area contributed by atoms with Gasteiger partial charge in [0.2, 0.25) is 0 Å². The number of aromatic nitrogens is 3.